The molecule has 2 N–H and O–H groups in total. The van der Waals surface area contributed by atoms with Crippen molar-refractivity contribution >= 4 is 11.6 Å². The number of rotatable bonds is 6. The fraction of sp³-hybridized carbons (Fsp3) is 0.364. The van der Waals surface area contributed by atoms with Gasteiger partial charge in [0.15, 0.2) is 0 Å². The number of carbonyl (C=O) groups is 1. The molecule has 0 aliphatic heterocycles. The molecule has 0 bridgehead atoms. The molecular formula is C11H14F2N2O2. The third-order valence-electron chi connectivity index (χ3n) is 1.91. The van der Waals surface area contributed by atoms with Gasteiger partial charge in [-0.1, -0.05) is 0 Å². The Morgan fingerprint density at radius 2 is 1.94 bits per heavy atom. The molecule has 4 nitrogen and oxygen atoms in total. The lowest BCUT2D eigenvalue weighted by molar-refractivity contribution is -0.118. The maximum Gasteiger partial charge on any atom is 0.387 e. The molecule has 0 aliphatic rings. The molecular weight excluding hydrogens is 230 g/mol. The first kappa shape index (κ1) is 13.2. The molecule has 0 radical (unpaired) electrons. The highest BCUT2D eigenvalue weighted by molar-refractivity contribution is 5.72. The Bertz CT molecular complexity index is 355. The fourth-order valence-electron chi connectivity index (χ4n) is 1.20. The van der Waals surface area contributed by atoms with Crippen molar-refractivity contribution in [2.45, 2.75) is 13.5 Å². The molecule has 1 rings (SSSR count). The normalized spacial score (nSPS) is 10.1. The van der Waals surface area contributed by atoms with E-state index < -0.39 is 6.61 Å². The highest BCUT2D eigenvalue weighted by atomic mass is 19.3. The van der Waals surface area contributed by atoms with Crippen LogP contribution in [0.1, 0.15) is 6.92 Å². The van der Waals surface area contributed by atoms with Crippen LogP contribution in [0.3, 0.4) is 0 Å². The first-order chi connectivity index (χ1) is 8.08. The summed E-state index contributed by atoms with van der Waals surface area (Å²) in [5.74, 6) is 0.0277. The van der Waals surface area contributed by atoms with Crippen molar-refractivity contribution in [2.24, 2.45) is 0 Å². The van der Waals surface area contributed by atoms with Crippen LogP contribution in [0.25, 0.3) is 0 Å². The zero-order chi connectivity index (χ0) is 12.7. The van der Waals surface area contributed by atoms with Crippen LogP contribution in [0, 0.1) is 0 Å². The Balaban J connectivity index is 2.32. The predicted molar refractivity (Wildman–Crippen MR) is 60.2 cm³/mol. The van der Waals surface area contributed by atoms with Gasteiger partial charge in [0.25, 0.3) is 0 Å². The van der Waals surface area contributed by atoms with Crippen molar-refractivity contribution in [1.29, 1.82) is 0 Å². The van der Waals surface area contributed by atoms with Crippen LogP contribution in [0.5, 0.6) is 5.75 Å². The molecule has 6 heteroatoms. The topological polar surface area (TPSA) is 50.4 Å². The van der Waals surface area contributed by atoms with Gasteiger partial charge in [0, 0.05) is 25.7 Å². The maximum atomic E-state index is 11.9. The summed E-state index contributed by atoms with van der Waals surface area (Å²) in [7, 11) is 0. The lowest BCUT2D eigenvalue weighted by Gasteiger charge is -2.08. The summed E-state index contributed by atoms with van der Waals surface area (Å²) >= 11 is 0. The number of carbonyl (C=O) groups excluding carboxylic acids is 1. The molecule has 1 aromatic carbocycles. The van der Waals surface area contributed by atoms with Crippen LogP contribution < -0.4 is 15.4 Å². The zero-order valence-electron chi connectivity index (χ0n) is 9.37. The van der Waals surface area contributed by atoms with E-state index in [1.807, 2.05) is 0 Å². The van der Waals surface area contributed by atoms with Gasteiger partial charge in [-0.2, -0.15) is 8.78 Å². The monoisotopic (exact) mass is 244 g/mol. The fourth-order valence-corrected chi connectivity index (χ4v) is 1.20. The minimum atomic E-state index is -2.81. The van der Waals surface area contributed by atoms with Gasteiger partial charge < -0.3 is 15.4 Å². The minimum Gasteiger partial charge on any atom is -0.435 e. The standard InChI is InChI=1S/C11H14F2N2O2/c1-8(16)14-6-7-15-9-2-4-10(5-3-9)17-11(12)13/h2-5,11,15H,6-7H2,1H3,(H,14,16). The molecule has 0 atom stereocenters. The highest BCUT2D eigenvalue weighted by Crippen LogP contribution is 2.17. The third-order valence-corrected chi connectivity index (χ3v) is 1.91. The van der Waals surface area contributed by atoms with Crippen LogP contribution in [0.4, 0.5) is 14.5 Å². The zero-order valence-corrected chi connectivity index (χ0v) is 9.37. The number of ether oxygens (including phenoxy) is 1. The molecule has 0 heterocycles. The molecule has 1 amide bonds. The molecule has 17 heavy (non-hydrogen) atoms. The van der Waals surface area contributed by atoms with Gasteiger partial charge in [0.05, 0.1) is 0 Å². The Morgan fingerprint density at radius 3 is 2.47 bits per heavy atom. The van der Waals surface area contributed by atoms with Crippen molar-refractivity contribution in [1.82, 2.24) is 5.32 Å². The van der Waals surface area contributed by atoms with Crippen LogP contribution >= 0.6 is 0 Å². The average Bonchev–Trinajstić information content (AvgIpc) is 2.25. The largest absolute Gasteiger partial charge is 0.435 e. The van der Waals surface area contributed by atoms with Crippen molar-refractivity contribution in [3.8, 4) is 5.75 Å². The second kappa shape index (κ2) is 6.67. The van der Waals surface area contributed by atoms with Gasteiger partial charge in [-0.05, 0) is 24.3 Å². The number of anilines is 1. The van der Waals surface area contributed by atoms with E-state index in [2.05, 4.69) is 15.4 Å². The lowest BCUT2D eigenvalue weighted by atomic mass is 10.3. The highest BCUT2D eigenvalue weighted by Gasteiger charge is 2.03. The van der Waals surface area contributed by atoms with E-state index in [1.165, 1.54) is 19.1 Å². The quantitative estimate of drug-likeness (QED) is 0.751. The smallest absolute Gasteiger partial charge is 0.387 e. The number of nitrogens with one attached hydrogen (secondary N) is 2. The number of amides is 1. The number of hydrogen-bond acceptors (Lipinski definition) is 3. The number of alkyl halides is 2. The van der Waals surface area contributed by atoms with E-state index in [0.717, 1.165) is 5.69 Å². The Morgan fingerprint density at radius 1 is 1.29 bits per heavy atom. The number of hydrogen-bond donors (Lipinski definition) is 2. The molecule has 0 saturated carbocycles. The molecule has 0 unspecified atom stereocenters. The Kier molecular flexibility index (Phi) is 5.19. The maximum absolute atomic E-state index is 11.9. The summed E-state index contributed by atoms with van der Waals surface area (Å²) in [4.78, 5) is 10.6. The van der Waals surface area contributed by atoms with Gasteiger partial charge in [0.2, 0.25) is 5.91 Å². The molecule has 0 aromatic heterocycles. The van der Waals surface area contributed by atoms with E-state index >= 15 is 0 Å². The van der Waals surface area contributed by atoms with Crippen molar-refractivity contribution in [3.63, 3.8) is 0 Å². The van der Waals surface area contributed by atoms with Gasteiger partial charge in [-0.3, -0.25) is 4.79 Å². The number of halogens is 2. The van der Waals surface area contributed by atoms with Gasteiger partial charge in [-0.15, -0.1) is 0 Å². The summed E-state index contributed by atoms with van der Waals surface area (Å²) in [5, 5.41) is 5.65. The molecule has 0 saturated heterocycles. The van der Waals surface area contributed by atoms with E-state index in [1.54, 1.807) is 12.1 Å². The van der Waals surface area contributed by atoms with E-state index in [9.17, 15) is 13.6 Å². The molecule has 0 spiro atoms. The van der Waals surface area contributed by atoms with Crippen LogP contribution in [0.2, 0.25) is 0 Å². The summed E-state index contributed by atoms with van der Waals surface area (Å²) in [5.41, 5.74) is 0.775. The lowest BCUT2D eigenvalue weighted by Crippen LogP contribution is -2.26. The van der Waals surface area contributed by atoms with Crippen LogP contribution in [-0.2, 0) is 4.79 Å². The van der Waals surface area contributed by atoms with Gasteiger partial charge >= 0.3 is 6.61 Å². The van der Waals surface area contributed by atoms with Gasteiger partial charge in [0.1, 0.15) is 5.75 Å². The van der Waals surface area contributed by atoms with Gasteiger partial charge in [-0.25, -0.2) is 0 Å². The third kappa shape index (κ3) is 5.70. The van der Waals surface area contributed by atoms with Crippen LogP contribution in [0.15, 0.2) is 24.3 Å². The van der Waals surface area contributed by atoms with E-state index in [-0.39, 0.29) is 11.7 Å². The molecule has 0 fully saturated rings. The molecule has 1 aromatic rings. The summed E-state index contributed by atoms with van der Waals surface area (Å²) in [6, 6.07) is 6.16. The van der Waals surface area contributed by atoms with Crippen molar-refractivity contribution in [2.75, 3.05) is 18.4 Å². The minimum absolute atomic E-state index is 0.0903. The molecule has 0 aliphatic carbocycles. The second-order valence-electron chi connectivity index (χ2n) is 3.31. The van der Waals surface area contributed by atoms with E-state index in [4.69, 9.17) is 0 Å². The van der Waals surface area contributed by atoms with Crippen LogP contribution in [-0.4, -0.2) is 25.6 Å². The van der Waals surface area contributed by atoms with E-state index in [0.29, 0.717) is 13.1 Å². The van der Waals surface area contributed by atoms with Crippen molar-refractivity contribution in [3.05, 3.63) is 24.3 Å². The summed E-state index contributed by atoms with van der Waals surface area (Å²) in [6.07, 6.45) is 0. The average molecular weight is 244 g/mol. The number of benzene rings is 1. The summed E-state index contributed by atoms with van der Waals surface area (Å²) < 4.78 is 27.9. The Hall–Kier alpha value is -1.85. The van der Waals surface area contributed by atoms with Crippen molar-refractivity contribution < 1.29 is 18.3 Å². The second-order valence-corrected chi connectivity index (χ2v) is 3.31. The SMILES string of the molecule is CC(=O)NCCNc1ccc(OC(F)F)cc1. The first-order valence-corrected chi connectivity index (χ1v) is 5.11. The molecule has 94 valence electrons. The first-order valence-electron chi connectivity index (χ1n) is 5.11. The summed E-state index contributed by atoms with van der Waals surface area (Å²) in [6.45, 7) is -0.302. The predicted octanol–water partition coefficient (Wildman–Crippen LogP) is 1.84. The Labute approximate surface area is 98.0 Å².